The van der Waals surface area contributed by atoms with Gasteiger partial charge in [-0.1, -0.05) is 78.6 Å². The number of hydrogen-bond donors (Lipinski definition) is 0. The van der Waals surface area contributed by atoms with Gasteiger partial charge in [0.15, 0.2) is 0 Å². The molecule has 0 unspecified atom stereocenters. The lowest BCUT2D eigenvalue weighted by Gasteiger charge is -2.13. The lowest BCUT2D eigenvalue weighted by molar-refractivity contribution is 0.0439. The van der Waals surface area contributed by atoms with Gasteiger partial charge in [-0.3, -0.25) is 0 Å². The van der Waals surface area contributed by atoms with E-state index in [4.69, 9.17) is 18.9 Å². The Labute approximate surface area is 263 Å². The number of rotatable bonds is 16. The molecule has 0 atom stereocenters. The third kappa shape index (κ3) is 13.7. The molecular weight excluding hydrogens is 560 g/mol. The smallest absolute Gasteiger partial charge is 0.339 e. The molecule has 0 spiro atoms. The topological polar surface area (TPSA) is 105 Å². The molecule has 0 aliphatic carbocycles. The molecular formula is C36H52O8. The summed E-state index contributed by atoms with van der Waals surface area (Å²) in [5, 5.41) is 0. The van der Waals surface area contributed by atoms with Crippen molar-refractivity contribution in [2.45, 2.75) is 93.9 Å². The highest BCUT2D eigenvalue weighted by atomic mass is 16.5. The van der Waals surface area contributed by atoms with Gasteiger partial charge in [0.2, 0.25) is 0 Å². The van der Waals surface area contributed by atoms with Crippen LogP contribution in [0.2, 0.25) is 0 Å². The Morgan fingerprint density at radius 3 is 1.25 bits per heavy atom. The van der Waals surface area contributed by atoms with Crippen LogP contribution in [-0.2, 0) is 18.9 Å². The predicted molar refractivity (Wildman–Crippen MR) is 172 cm³/mol. The number of unbranched alkanes of at least 4 members (excludes halogenated alkanes) is 2. The van der Waals surface area contributed by atoms with Crippen LogP contribution in [0.15, 0.2) is 36.4 Å². The zero-order chi connectivity index (χ0) is 33.1. The summed E-state index contributed by atoms with van der Waals surface area (Å²) in [6, 6.07) is 10.3. The predicted octanol–water partition coefficient (Wildman–Crippen LogP) is 8.31. The number of carbonyl (C=O) groups is 4. The van der Waals surface area contributed by atoms with E-state index in [1.54, 1.807) is 50.2 Å². The van der Waals surface area contributed by atoms with Gasteiger partial charge < -0.3 is 18.9 Å². The molecule has 0 aliphatic rings. The maximum absolute atomic E-state index is 12.3. The summed E-state index contributed by atoms with van der Waals surface area (Å²) in [6.07, 6.45) is 5.12. The molecule has 0 bridgehead atoms. The molecule has 8 nitrogen and oxygen atoms in total. The molecule has 0 radical (unpaired) electrons. The normalized spacial score (nSPS) is 10.6. The second kappa shape index (κ2) is 21.1. The minimum atomic E-state index is -0.467. The molecule has 0 aliphatic heterocycles. The second-order valence-corrected chi connectivity index (χ2v) is 11.6. The fraction of sp³-hybridized carbons (Fsp3) is 0.556. The molecule has 8 heteroatoms. The van der Waals surface area contributed by atoms with Crippen molar-refractivity contribution in [3.63, 3.8) is 0 Å². The fourth-order valence-electron chi connectivity index (χ4n) is 3.91. The Hall–Kier alpha value is -3.68. The van der Waals surface area contributed by atoms with Gasteiger partial charge in [0.05, 0.1) is 48.7 Å². The quantitative estimate of drug-likeness (QED) is 0.106. The zero-order valence-electron chi connectivity index (χ0n) is 28.0. The lowest BCUT2D eigenvalue weighted by Crippen LogP contribution is -2.17. The first-order valence-electron chi connectivity index (χ1n) is 15.8. The minimum absolute atomic E-state index is 0.281. The van der Waals surface area contributed by atoms with Crippen molar-refractivity contribution >= 4 is 23.9 Å². The van der Waals surface area contributed by atoms with Crippen LogP contribution in [0.1, 0.15) is 133 Å². The van der Waals surface area contributed by atoms with Crippen molar-refractivity contribution in [1.29, 1.82) is 0 Å². The van der Waals surface area contributed by atoms with E-state index < -0.39 is 23.9 Å². The fourth-order valence-corrected chi connectivity index (χ4v) is 3.91. The van der Waals surface area contributed by atoms with E-state index in [1.807, 2.05) is 13.8 Å². The Kier molecular flexibility index (Phi) is 18.4. The molecule has 0 saturated carbocycles. The molecule has 0 aromatic heterocycles. The number of benzene rings is 2. The van der Waals surface area contributed by atoms with Crippen LogP contribution in [0.25, 0.3) is 0 Å². The average molecular weight is 613 g/mol. The lowest BCUT2D eigenvalue weighted by atomic mass is 10.0. The van der Waals surface area contributed by atoms with Crippen LogP contribution >= 0.6 is 0 Å². The first-order valence-corrected chi connectivity index (χ1v) is 15.8. The van der Waals surface area contributed by atoms with Crippen LogP contribution in [0, 0.1) is 25.7 Å². The van der Waals surface area contributed by atoms with E-state index >= 15 is 0 Å². The Morgan fingerprint density at radius 2 is 0.886 bits per heavy atom. The highest BCUT2D eigenvalue weighted by Gasteiger charge is 2.22. The van der Waals surface area contributed by atoms with E-state index in [-0.39, 0.29) is 11.1 Å². The van der Waals surface area contributed by atoms with Crippen LogP contribution in [0.3, 0.4) is 0 Å². The van der Waals surface area contributed by atoms with Crippen LogP contribution in [-0.4, -0.2) is 50.3 Å². The standard InChI is InChI=1S/C19H28O4.C17H24O4/c1-13(2)9-11-22-18(20)16-8-6-7-15(5)17(16)19(21)23-12-10-14(3)4;1-4-6-11-20-16(18)14-10-8-9-13(3)15(14)17(19)21-12-7-5-2/h6-8,13-14H,9-12H2,1-5H3;8-10H,4-7,11-12H2,1-3H3. The van der Waals surface area contributed by atoms with Crippen molar-refractivity contribution in [2.75, 3.05) is 26.4 Å². The van der Waals surface area contributed by atoms with E-state index in [0.29, 0.717) is 49.4 Å². The third-order valence-electron chi connectivity index (χ3n) is 6.71. The summed E-state index contributed by atoms with van der Waals surface area (Å²) in [5.41, 5.74) is 2.64. The Balaban J connectivity index is 0.000000442. The van der Waals surface area contributed by atoms with Crippen molar-refractivity contribution in [3.05, 3.63) is 69.8 Å². The van der Waals surface area contributed by atoms with Gasteiger partial charge in [0.1, 0.15) is 0 Å². The van der Waals surface area contributed by atoms with E-state index in [1.165, 1.54) is 0 Å². The summed E-state index contributed by atoms with van der Waals surface area (Å²) < 4.78 is 21.0. The third-order valence-corrected chi connectivity index (χ3v) is 6.71. The van der Waals surface area contributed by atoms with Gasteiger partial charge in [0.25, 0.3) is 0 Å². The second-order valence-electron chi connectivity index (χ2n) is 11.6. The van der Waals surface area contributed by atoms with Crippen molar-refractivity contribution in [2.24, 2.45) is 11.8 Å². The summed E-state index contributed by atoms with van der Waals surface area (Å²) in [6.45, 7) is 17.4. The molecule has 0 amide bonds. The summed E-state index contributed by atoms with van der Waals surface area (Å²) >= 11 is 0. The maximum Gasteiger partial charge on any atom is 0.339 e. The van der Waals surface area contributed by atoms with Crippen LogP contribution < -0.4 is 0 Å². The summed E-state index contributed by atoms with van der Waals surface area (Å²) in [7, 11) is 0. The van der Waals surface area contributed by atoms with Gasteiger partial charge >= 0.3 is 23.9 Å². The maximum atomic E-state index is 12.3. The summed E-state index contributed by atoms with van der Waals surface area (Å²) in [4.78, 5) is 48.8. The highest BCUT2D eigenvalue weighted by molar-refractivity contribution is 6.05. The molecule has 244 valence electrons. The largest absolute Gasteiger partial charge is 0.462 e. The van der Waals surface area contributed by atoms with E-state index in [0.717, 1.165) is 49.7 Å². The highest BCUT2D eigenvalue weighted by Crippen LogP contribution is 2.19. The Bertz CT molecular complexity index is 1200. The SMILES string of the molecule is CCCCOC(=O)c1cccc(C)c1C(=O)OCCCC.Cc1cccc(C(=O)OCCC(C)C)c1C(=O)OCCC(C)C. The first-order chi connectivity index (χ1) is 20.9. The number of carbonyl (C=O) groups excluding carboxylic acids is 4. The molecule has 0 fully saturated rings. The first kappa shape index (κ1) is 38.3. The molecule has 44 heavy (non-hydrogen) atoms. The molecule has 0 N–H and O–H groups in total. The summed E-state index contributed by atoms with van der Waals surface area (Å²) in [5.74, 6) is -0.927. The van der Waals surface area contributed by atoms with Crippen molar-refractivity contribution < 1.29 is 38.1 Å². The molecule has 0 heterocycles. The minimum Gasteiger partial charge on any atom is -0.462 e. The van der Waals surface area contributed by atoms with Gasteiger partial charge in [0, 0.05) is 0 Å². The number of esters is 4. The number of aryl methyl sites for hydroxylation is 2. The van der Waals surface area contributed by atoms with E-state index in [9.17, 15) is 19.2 Å². The van der Waals surface area contributed by atoms with Gasteiger partial charge in [-0.05, 0) is 74.6 Å². The Morgan fingerprint density at radius 1 is 0.545 bits per heavy atom. The van der Waals surface area contributed by atoms with Gasteiger partial charge in [-0.15, -0.1) is 0 Å². The van der Waals surface area contributed by atoms with Gasteiger partial charge in [-0.25, -0.2) is 19.2 Å². The molecule has 2 rings (SSSR count). The number of hydrogen-bond acceptors (Lipinski definition) is 8. The molecule has 0 saturated heterocycles. The van der Waals surface area contributed by atoms with Crippen LogP contribution in [0.5, 0.6) is 0 Å². The molecule has 2 aromatic rings. The zero-order valence-corrected chi connectivity index (χ0v) is 28.0. The van der Waals surface area contributed by atoms with E-state index in [2.05, 4.69) is 27.7 Å². The number of ether oxygens (including phenoxy) is 4. The average Bonchev–Trinajstić information content (AvgIpc) is 2.96. The monoisotopic (exact) mass is 612 g/mol. The van der Waals surface area contributed by atoms with Crippen molar-refractivity contribution in [3.8, 4) is 0 Å². The molecule has 2 aromatic carbocycles. The van der Waals surface area contributed by atoms with Gasteiger partial charge in [-0.2, -0.15) is 0 Å². The van der Waals surface area contributed by atoms with Crippen molar-refractivity contribution in [1.82, 2.24) is 0 Å². The van der Waals surface area contributed by atoms with Crippen LogP contribution in [0.4, 0.5) is 0 Å².